The fourth-order valence-electron chi connectivity index (χ4n) is 2.69. The second-order valence-electron chi connectivity index (χ2n) is 5.70. The summed E-state index contributed by atoms with van der Waals surface area (Å²) in [6, 6.07) is 2.07. The number of nitrogens with zero attached hydrogens (tertiary/aromatic N) is 2. The van der Waals surface area contributed by atoms with E-state index in [1.807, 2.05) is 0 Å². The Morgan fingerprint density at radius 3 is 2.78 bits per heavy atom. The average Bonchev–Trinajstić information content (AvgIpc) is 2.88. The van der Waals surface area contributed by atoms with Gasteiger partial charge < -0.3 is 5.32 Å². The summed E-state index contributed by atoms with van der Waals surface area (Å²) in [7, 11) is 0. The van der Waals surface area contributed by atoms with Gasteiger partial charge in [0.1, 0.15) is 12.1 Å². The standard InChI is InChI=1S/C15H25N3/c1-12(2)14-10-15(18-11-17-14)16-9-5-8-13-6-3-4-7-13/h10-13H,3-9H2,1-2H3,(H,16,17,18). The van der Waals surface area contributed by atoms with Crippen LogP contribution in [0.5, 0.6) is 0 Å². The molecule has 3 nitrogen and oxygen atoms in total. The van der Waals surface area contributed by atoms with Crippen LogP contribution in [0.4, 0.5) is 5.82 Å². The molecule has 0 saturated heterocycles. The third-order valence-corrected chi connectivity index (χ3v) is 3.85. The summed E-state index contributed by atoms with van der Waals surface area (Å²) >= 11 is 0. The van der Waals surface area contributed by atoms with E-state index in [1.165, 1.54) is 38.5 Å². The first-order chi connectivity index (χ1) is 8.75. The molecule has 0 amide bonds. The van der Waals surface area contributed by atoms with E-state index in [4.69, 9.17) is 0 Å². The zero-order valence-electron chi connectivity index (χ0n) is 11.7. The Hall–Kier alpha value is -1.12. The van der Waals surface area contributed by atoms with Gasteiger partial charge in [0.15, 0.2) is 0 Å². The van der Waals surface area contributed by atoms with Crippen molar-refractivity contribution in [3.63, 3.8) is 0 Å². The van der Waals surface area contributed by atoms with Crippen molar-refractivity contribution >= 4 is 5.82 Å². The molecule has 0 radical (unpaired) electrons. The van der Waals surface area contributed by atoms with E-state index < -0.39 is 0 Å². The third kappa shape index (κ3) is 3.97. The fourth-order valence-corrected chi connectivity index (χ4v) is 2.69. The summed E-state index contributed by atoms with van der Waals surface area (Å²) < 4.78 is 0. The molecular formula is C15H25N3. The highest BCUT2D eigenvalue weighted by Gasteiger charge is 2.13. The van der Waals surface area contributed by atoms with Gasteiger partial charge in [0, 0.05) is 18.3 Å². The molecule has 1 fully saturated rings. The van der Waals surface area contributed by atoms with E-state index >= 15 is 0 Å². The Morgan fingerprint density at radius 2 is 2.06 bits per heavy atom. The van der Waals surface area contributed by atoms with E-state index in [-0.39, 0.29) is 0 Å². The first kappa shape index (κ1) is 13.3. The van der Waals surface area contributed by atoms with Gasteiger partial charge in [0.2, 0.25) is 0 Å². The molecule has 2 rings (SSSR count). The minimum Gasteiger partial charge on any atom is -0.370 e. The van der Waals surface area contributed by atoms with Crippen LogP contribution < -0.4 is 5.32 Å². The lowest BCUT2D eigenvalue weighted by Gasteiger charge is -2.10. The van der Waals surface area contributed by atoms with Gasteiger partial charge >= 0.3 is 0 Å². The highest BCUT2D eigenvalue weighted by atomic mass is 15.0. The average molecular weight is 247 g/mol. The molecule has 0 aromatic carbocycles. The maximum Gasteiger partial charge on any atom is 0.129 e. The molecule has 1 heterocycles. The number of aromatic nitrogens is 2. The Balaban J connectivity index is 1.70. The Morgan fingerprint density at radius 1 is 1.28 bits per heavy atom. The first-order valence-electron chi connectivity index (χ1n) is 7.31. The van der Waals surface area contributed by atoms with Crippen molar-refractivity contribution in [2.24, 2.45) is 5.92 Å². The van der Waals surface area contributed by atoms with Gasteiger partial charge in [-0.15, -0.1) is 0 Å². The summed E-state index contributed by atoms with van der Waals surface area (Å²) in [4.78, 5) is 8.55. The predicted molar refractivity (Wildman–Crippen MR) is 75.8 cm³/mol. The van der Waals surface area contributed by atoms with Gasteiger partial charge in [-0.05, 0) is 24.7 Å². The molecule has 1 aromatic heterocycles. The Kier molecular flexibility index (Phi) is 4.97. The van der Waals surface area contributed by atoms with Crippen molar-refractivity contribution in [2.45, 2.75) is 58.3 Å². The van der Waals surface area contributed by atoms with Gasteiger partial charge in [0.25, 0.3) is 0 Å². The molecule has 0 spiro atoms. The van der Waals surface area contributed by atoms with Gasteiger partial charge in [-0.2, -0.15) is 0 Å². The molecule has 100 valence electrons. The van der Waals surface area contributed by atoms with Gasteiger partial charge in [0.05, 0.1) is 0 Å². The Bertz CT molecular complexity index is 357. The summed E-state index contributed by atoms with van der Waals surface area (Å²) in [6.07, 6.45) is 10.1. The van der Waals surface area contributed by atoms with Crippen LogP contribution in [0.3, 0.4) is 0 Å². The first-order valence-corrected chi connectivity index (χ1v) is 7.31. The lowest BCUT2D eigenvalue weighted by atomic mass is 10.0. The lowest BCUT2D eigenvalue weighted by Crippen LogP contribution is -2.06. The van der Waals surface area contributed by atoms with E-state index in [0.29, 0.717) is 5.92 Å². The SMILES string of the molecule is CC(C)c1cc(NCCCC2CCCC2)ncn1. The molecule has 18 heavy (non-hydrogen) atoms. The topological polar surface area (TPSA) is 37.8 Å². The van der Waals surface area contributed by atoms with Crippen molar-refractivity contribution in [3.05, 3.63) is 18.1 Å². The van der Waals surface area contributed by atoms with Crippen molar-refractivity contribution in [3.8, 4) is 0 Å². The van der Waals surface area contributed by atoms with E-state index in [0.717, 1.165) is 24.0 Å². The van der Waals surface area contributed by atoms with Crippen molar-refractivity contribution in [1.29, 1.82) is 0 Å². The van der Waals surface area contributed by atoms with Gasteiger partial charge in [-0.25, -0.2) is 9.97 Å². The number of nitrogens with one attached hydrogen (secondary N) is 1. The van der Waals surface area contributed by atoms with Crippen LogP contribution in [0.15, 0.2) is 12.4 Å². The van der Waals surface area contributed by atoms with Crippen molar-refractivity contribution in [2.75, 3.05) is 11.9 Å². The minimum absolute atomic E-state index is 0.465. The molecule has 1 saturated carbocycles. The van der Waals surface area contributed by atoms with Crippen LogP contribution in [0.1, 0.15) is 64.0 Å². The molecule has 3 heteroatoms. The normalized spacial score (nSPS) is 16.4. The molecule has 0 unspecified atom stereocenters. The largest absolute Gasteiger partial charge is 0.370 e. The second kappa shape index (κ2) is 6.72. The number of rotatable bonds is 6. The minimum atomic E-state index is 0.465. The summed E-state index contributed by atoms with van der Waals surface area (Å²) in [5, 5.41) is 3.41. The maximum absolute atomic E-state index is 4.28. The molecule has 1 aliphatic rings. The van der Waals surface area contributed by atoms with Crippen LogP contribution in [-0.2, 0) is 0 Å². The summed E-state index contributed by atoms with van der Waals surface area (Å²) in [5.74, 6) is 2.43. The smallest absolute Gasteiger partial charge is 0.129 e. The van der Waals surface area contributed by atoms with Crippen molar-refractivity contribution < 1.29 is 0 Å². The maximum atomic E-state index is 4.28. The van der Waals surface area contributed by atoms with Crippen LogP contribution in [-0.4, -0.2) is 16.5 Å². The zero-order valence-corrected chi connectivity index (χ0v) is 11.7. The van der Waals surface area contributed by atoms with Crippen LogP contribution in [0.25, 0.3) is 0 Å². The van der Waals surface area contributed by atoms with E-state index in [2.05, 4.69) is 35.2 Å². The number of hydrogen-bond donors (Lipinski definition) is 1. The quantitative estimate of drug-likeness (QED) is 0.773. The van der Waals surface area contributed by atoms with E-state index in [1.54, 1.807) is 6.33 Å². The number of anilines is 1. The van der Waals surface area contributed by atoms with Crippen LogP contribution >= 0.6 is 0 Å². The molecule has 0 atom stereocenters. The predicted octanol–water partition coefficient (Wildman–Crippen LogP) is 3.98. The highest BCUT2D eigenvalue weighted by molar-refractivity contribution is 5.35. The highest BCUT2D eigenvalue weighted by Crippen LogP contribution is 2.28. The summed E-state index contributed by atoms with van der Waals surface area (Å²) in [6.45, 7) is 5.35. The van der Waals surface area contributed by atoms with Gasteiger partial charge in [-0.3, -0.25) is 0 Å². The second-order valence-corrected chi connectivity index (χ2v) is 5.70. The molecule has 1 aliphatic carbocycles. The van der Waals surface area contributed by atoms with Crippen molar-refractivity contribution in [1.82, 2.24) is 9.97 Å². The molecule has 0 aliphatic heterocycles. The van der Waals surface area contributed by atoms with Crippen LogP contribution in [0, 0.1) is 5.92 Å². The molecular weight excluding hydrogens is 222 g/mol. The van der Waals surface area contributed by atoms with Gasteiger partial charge in [-0.1, -0.05) is 39.5 Å². The molecule has 1 aromatic rings. The number of hydrogen-bond acceptors (Lipinski definition) is 3. The van der Waals surface area contributed by atoms with Crippen LogP contribution in [0.2, 0.25) is 0 Å². The van der Waals surface area contributed by atoms with E-state index in [9.17, 15) is 0 Å². The molecule has 1 N–H and O–H groups in total. The lowest BCUT2D eigenvalue weighted by molar-refractivity contribution is 0.491. The fraction of sp³-hybridized carbons (Fsp3) is 0.733. The molecule has 0 bridgehead atoms. The summed E-state index contributed by atoms with van der Waals surface area (Å²) in [5.41, 5.74) is 1.11. The third-order valence-electron chi connectivity index (χ3n) is 3.85. The Labute approximate surface area is 110 Å². The monoisotopic (exact) mass is 247 g/mol. The zero-order chi connectivity index (χ0) is 12.8.